The molecule has 0 N–H and O–H groups in total. The van der Waals surface area contributed by atoms with Gasteiger partial charge < -0.3 is 4.74 Å². The first-order chi connectivity index (χ1) is 14.6. The van der Waals surface area contributed by atoms with E-state index in [0.29, 0.717) is 23.2 Å². The highest BCUT2D eigenvalue weighted by atomic mass is 35.5. The maximum absolute atomic E-state index is 13.1. The van der Waals surface area contributed by atoms with E-state index >= 15 is 0 Å². The van der Waals surface area contributed by atoms with Crippen molar-refractivity contribution >= 4 is 50.3 Å². The maximum Gasteiger partial charge on any atom is 0.252 e. The molecule has 4 rings (SSSR count). The normalized spacial score (nSPS) is 11.3. The van der Waals surface area contributed by atoms with Crippen molar-refractivity contribution in [2.45, 2.75) is 6.54 Å². The molecule has 4 aromatic rings. The lowest BCUT2D eigenvalue weighted by atomic mass is 10.2. The summed E-state index contributed by atoms with van der Waals surface area (Å²) in [6.07, 6.45) is 6.83. The number of anilines is 1. The topological polar surface area (TPSA) is 60.2 Å². The van der Waals surface area contributed by atoms with Crippen LogP contribution in [-0.4, -0.2) is 34.3 Å². The molecule has 0 aliphatic heterocycles. The summed E-state index contributed by atoms with van der Waals surface area (Å²) in [5, 5.41) is 5.44. The third-order valence-corrected chi connectivity index (χ3v) is 5.89. The Morgan fingerprint density at radius 3 is 2.90 bits per heavy atom. The number of hydrogen-bond donors (Lipinski definition) is 0. The fourth-order valence-electron chi connectivity index (χ4n) is 2.93. The van der Waals surface area contributed by atoms with Gasteiger partial charge in [-0.25, -0.2) is 4.98 Å². The van der Waals surface area contributed by atoms with Gasteiger partial charge in [0.25, 0.3) is 5.91 Å². The van der Waals surface area contributed by atoms with E-state index in [1.807, 2.05) is 48.7 Å². The highest BCUT2D eigenvalue weighted by Gasteiger charge is 2.18. The molecule has 0 aliphatic carbocycles. The van der Waals surface area contributed by atoms with Gasteiger partial charge in [0.1, 0.15) is 5.75 Å². The molecule has 2 aromatic carbocycles. The number of rotatable bonds is 7. The van der Waals surface area contributed by atoms with Crippen molar-refractivity contribution in [2.24, 2.45) is 0 Å². The van der Waals surface area contributed by atoms with Crippen molar-refractivity contribution in [3.8, 4) is 5.75 Å². The van der Waals surface area contributed by atoms with E-state index in [2.05, 4.69) is 10.1 Å². The molecule has 0 aliphatic rings. The molecule has 0 bridgehead atoms. The number of nitrogens with zero attached hydrogens (tertiary/aromatic N) is 4. The van der Waals surface area contributed by atoms with E-state index in [0.717, 1.165) is 21.5 Å². The molecule has 2 aromatic heterocycles. The number of aromatic nitrogens is 3. The predicted octanol–water partition coefficient (Wildman–Crippen LogP) is 4.90. The van der Waals surface area contributed by atoms with Crippen LogP contribution in [0.2, 0.25) is 5.02 Å². The van der Waals surface area contributed by atoms with E-state index in [9.17, 15) is 4.79 Å². The Kier molecular flexibility index (Phi) is 6.11. The predicted molar refractivity (Wildman–Crippen MR) is 121 cm³/mol. The number of benzene rings is 2. The molecule has 0 fully saturated rings. The molecule has 0 atom stereocenters. The summed E-state index contributed by atoms with van der Waals surface area (Å²) in [4.78, 5) is 19.4. The first-order valence-corrected chi connectivity index (χ1v) is 10.5. The number of amides is 1. The van der Waals surface area contributed by atoms with Crippen molar-refractivity contribution in [1.82, 2.24) is 14.8 Å². The molecule has 8 heteroatoms. The lowest BCUT2D eigenvalue weighted by Gasteiger charge is -2.18. The summed E-state index contributed by atoms with van der Waals surface area (Å²) in [5.41, 5.74) is 1.61. The Labute approximate surface area is 183 Å². The summed E-state index contributed by atoms with van der Waals surface area (Å²) < 4.78 is 8.04. The summed E-state index contributed by atoms with van der Waals surface area (Å²) >= 11 is 7.65. The zero-order valence-corrected chi connectivity index (χ0v) is 17.8. The van der Waals surface area contributed by atoms with Gasteiger partial charge in [0.15, 0.2) is 5.13 Å². The van der Waals surface area contributed by atoms with E-state index in [1.165, 1.54) is 17.4 Å². The molecule has 1 amide bonds. The summed E-state index contributed by atoms with van der Waals surface area (Å²) in [7, 11) is 1.63. The van der Waals surface area contributed by atoms with Crippen LogP contribution in [0.15, 0.2) is 67.0 Å². The zero-order chi connectivity index (χ0) is 20.9. The van der Waals surface area contributed by atoms with Crippen LogP contribution in [0.5, 0.6) is 5.75 Å². The van der Waals surface area contributed by atoms with Crippen LogP contribution in [0.1, 0.15) is 5.56 Å². The summed E-state index contributed by atoms with van der Waals surface area (Å²) in [6.45, 7) is 0.988. The number of halogens is 1. The molecular formula is C22H19ClN4O2S. The largest absolute Gasteiger partial charge is 0.497 e. The van der Waals surface area contributed by atoms with E-state index in [1.54, 1.807) is 35.0 Å². The van der Waals surface area contributed by atoms with Crippen LogP contribution in [0.4, 0.5) is 5.13 Å². The lowest BCUT2D eigenvalue weighted by molar-refractivity contribution is -0.114. The average Bonchev–Trinajstić information content (AvgIpc) is 3.42. The molecule has 6 nitrogen and oxygen atoms in total. The van der Waals surface area contributed by atoms with Crippen molar-refractivity contribution in [3.05, 3.63) is 77.6 Å². The fraction of sp³-hybridized carbons (Fsp3) is 0.136. The summed E-state index contributed by atoms with van der Waals surface area (Å²) in [5.74, 6) is 0.582. The molecule has 152 valence electrons. The van der Waals surface area contributed by atoms with Gasteiger partial charge in [0.05, 0.1) is 23.9 Å². The number of carbonyl (C=O) groups is 1. The van der Waals surface area contributed by atoms with Crippen LogP contribution in [0.25, 0.3) is 16.3 Å². The van der Waals surface area contributed by atoms with Crippen LogP contribution in [-0.2, 0) is 11.3 Å². The number of carbonyl (C=O) groups excluding carboxylic acids is 1. The fourth-order valence-corrected chi connectivity index (χ4v) is 4.16. The van der Waals surface area contributed by atoms with Gasteiger partial charge in [0, 0.05) is 30.0 Å². The van der Waals surface area contributed by atoms with Gasteiger partial charge in [-0.05, 0) is 42.0 Å². The van der Waals surface area contributed by atoms with Gasteiger partial charge in [0.2, 0.25) is 0 Å². The molecule has 30 heavy (non-hydrogen) atoms. The standard InChI is InChI=1S/C22H19ClN4O2S/c1-29-17-8-9-19-20(15-17)30-22(25-19)27(14-13-26-12-4-11-24-26)21(28)10-7-16-5-2-3-6-18(16)23/h2-12,15H,13-14H2,1H3/b10-7+. The van der Waals surface area contributed by atoms with Crippen LogP contribution >= 0.6 is 22.9 Å². The highest BCUT2D eigenvalue weighted by Crippen LogP contribution is 2.31. The second-order valence-electron chi connectivity index (χ2n) is 6.44. The minimum absolute atomic E-state index is 0.173. The monoisotopic (exact) mass is 438 g/mol. The second kappa shape index (κ2) is 9.11. The smallest absolute Gasteiger partial charge is 0.252 e. The SMILES string of the molecule is COc1ccc2nc(N(CCn3cccn3)C(=O)/C=C/c3ccccc3Cl)sc2c1. The minimum Gasteiger partial charge on any atom is -0.497 e. The first kappa shape index (κ1) is 20.1. The number of fused-ring (bicyclic) bond motifs is 1. The van der Waals surface area contributed by atoms with Gasteiger partial charge in [-0.3, -0.25) is 14.4 Å². The van der Waals surface area contributed by atoms with Gasteiger partial charge in [-0.15, -0.1) is 0 Å². The molecule has 0 unspecified atom stereocenters. The molecule has 0 spiro atoms. The Balaban J connectivity index is 1.63. The van der Waals surface area contributed by atoms with Crippen molar-refractivity contribution in [3.63, 3.8) is 0 Å². The second-order valence-corrected chi connectivity index (χ2v) is 7.86. The van der Waals surface area contributed by atoms with E-state index in [-0.39, 0.29) is 5.91 Å². The molecule has 0 radical (unpaired) electrons. The van der Waals surface area contributed by atoms with Crippen LogP contribution in [0.3, 0.4) is 0 Å². The van der Waals surface area contributed by atoms with Gasteiger partial charge in [-0.2, -0.15) is 5.10 Å². The number of ether oxygens (including phenoxy) is 1. The highest BCUT2D eigenvalue weighted by molar-refractivity contribution is 7.22. The first-order valence-electron chi connectivity index (χ1n) is 9.30. The molecular weight excluding hydrogens is 420 g/mol. The van der Waals surface area contributed by atoms with Crippen molar-refractivity contribution in [1.29, 1.82) is 0 Å². The molecule has 0 saturated heterocycles. The Morgan fingerprint density at radius 2 is 2.13 bits per heavy atom. The third-order valence-electron chi connectivity index (χ3n) is 4.50. The Bertz CT molecular complexity index is 1190. The number of hydrogen-bond acceptors (Lipinski definition) is 5. The Hall–Kier alpha value is -3.16. The van der Waals surface area contributed by atoms with Crippen molar-refractivity contribution in [2.75, 3.05) is 18.6 Å². The van der Waals surface area contributed by atoms with Crippen LogP contribution in [0, 0.1) is 0 Å². The molecule has 2 heterocycles. The van der Waals surface area contributed by atoms with Gasteiger partial charge >= 0.3 is 0 Å². The summed E-state index contributed by atoms with van der Waals surface area (Å²) in [6, 6.07) is 14.9. The lowest BCUT2D eigenvalue weighted by Crippen LogP contribution is -2.32. The van der Waals surface area contributed by atoms with E-state index < -0.39 is 0 Å². The third kappa shape index (κ3) is 4.53. The maximum atomic E-state index is 13.1. The van der Waals surface area contributed by atoms with Gasteiger partial charge in [-0.1, -0.05) is 41.1 Å². The van der Waals surface area contributed by atoms with E-state index in [4.69, 9.17) is 16.3 Å². The van der Waals surface area contributed by atoms with Crippen molar-refractivity contribution < 1.29 is 9.53 Å². The zero-order valence-electron chi connectivity index (χ0n) is 16.2. The molecule has 0 saturated carbocycles. The quantitative estimate of drug-likeness (QED) is 0.385. The Morgan fingerprint density at radius 1 is 1.27 bits per heavy atom. The average molecular weight is 439 g/mol. The van der Waals surface area contributed by atoms with Crippen LogP contribution < -0.4 is 9.64 Å². The number of thiazole rings is 1. The number of methoxy groups -OCH3 is 1. The minimum atomic E-state index is -0.173.